The van der Waals surface area contributed by atoms with Gasteiger partial charge in [0.2, 0.25) is 0 Å². The van der Waals surface area contributed by atoms with Gasteiger partial charge in [-0.2, -0.15) is 10.4 Å². The van der Waals surface area contributed by atoms with Gasteiger partial charge in [0.25, 0.3) is 0 Å². The molecule has 0 spiro atoms. The molecule has 0 saturated carbocycles. The van der Waals surface area contributed by atoms with Crippen LogP contribution in [0.3, 0.4) is 0 Å². The van der Waals surface area contributed by atoms with Crippen molar-refractivity contribution < 1.29 is 4.74 Å². The zero-order chi connectivity index (χ0) is 24.2. The molecule has 0 unspecified atom stereocenters. The van der Waals surface area contributed by atoms with E-state index in [1.807, 2.05) is 73.7 Å². The fraction of sp³-hybridized carbons (Fsp3) is 0.143. The summed E-state index contributed by atoms with van der Waals surface area (Å²) < 4.78 is 5.76. The standard InChI is InChI=1S/C28H27N5O/c1-4-17-33(18-5-2)26-14-11-24(12-15-26)31-32-27-16-13-25(19-28(27)34-6-3)30-21-23-9-7-22(20-29)8-10-23/h4-5,7-16,19,21H,1-2,6,17-18H2,3H3/b30-21?,32-31+. The highest BCUT2D eigenvalue weighted by molar-refractivity contribution is 5.82. The predicted octanol–water partition coefficient (Wildman–Crippen LogP) is 7.30. The van der Waals surface area contributed by atoms with E-state index in [0.717, 1.165) is 35.7 Å². The Labute approximate surface area is 200 Å². The summed E-state index contributed by atoms with van der Waals surface area (Å²) in [5, 5.41) is 17.7. The van der Waals surface area contributed by atoms with Gasteiger partial charge in [-0.1, -0.05) is 24.3 Å². The molecule has 6 heteroatoms. The van der Waals surface area contributed by atoms with E-state index in [1.54, 1.807) is 18.3 Å². The lowest BCUT2D eigenvalue weighted by Crippen LogP contribution is -2.22. The maximum absolute atomic E-state index is 8.91. The fourth-order valence-corrected chi connectivity index (χ4v) is 3.17. The topological polar surface area (TPSA) is 73.3 Å². The van der Waals surface area contributed by atoms with E-state index in [-0.39, 0.29) is 0 Å². The lowest BCUT2D eigenvalue weighted by Gasteiger charge is -2.21. The summed E-state index contributed by atoms with van der Waals surface area (Å²) in [6.45, 7) is 11.5. The van der Waals surface area contributed by atoms with Crippen molar-refractivity contribution in [3.8, 4) is 11.8 Å². The Bertz CT molecular complexity index is 1200. The zero-order valence-electron chi connectivity index (χ0n) is 19.3. The molecular formula is C28H27N5O. The first-order valence-corrected chi connectivity index (χ1v) is 11.0. The van der Waals surface area contributed by atoms with Gasteiger partial charge in [0, 0.05) is 31.1 Å². The lowest BCUT2D eigenvalue weighted by molar-refractivity contribution is 0.341. The maximum Gasteiger partial charge on any atom is 0.148 e. The Hall–Kier alpha value is -4.50. The average molecular weight is 450 g/mol. The number of rotatable bonds is 11. The van der Waals surface area contributed by atoms with Crippen molar-refractivity contribution in [1.82, 2.24) is 0 Å². The smallest absolute Gasteiger partial charge is 0.148 e. The van der Waals surface area contributed by atoms with Crippen LogP contribution in [0.15, 0.2) is 107 Å². The van der Waals surface area contributed by atoms with Crippen LogP contribution in [0.2, 0.25) is 0 Å². The van der Waals surface area contributed by atoms with Gasteiger partial charge in [-0.15, -0.1) is 18.3 Å². The number of benzene rings is 3. The van der Waals surface area contributed by atoms with Crippen LogP contribution in [0.25, 0.3) is 0 Å². The summed E-state index contributed by atoms with van der Waals surface area (Å²) in [4.78, 5) is 6.67. The molecule has 0 atom stereocenters. The zero-order valence-corrected chi connectivity index (χ0v) is 19.3. The summed E-state index contributed by atoms with van der Waals surface area (Å²) in [7, 11) is 0. The van der Waals surface area contributed by atoms with Crippen LogP contribution < -0.4 is 9.64 Å². The highest BCUT2D eigenvalue weighted by atomic mass is 16.5. The van der Waals surface area contributed by atoms with E-state index in [1.165, 1.54) is 0 Å². The third-order valence-corrected chi connectivity index (χ3v) is 4.83. The quantitative estimate of drug-likeness (QED) is 0.175. The van der Waals surface area contributed by atoms with Gasteiger partial charge in [-0.3, -0.25) is 4.99 Å². The summed E-state index contributed by atoms with van der Waals surface area (Å²) in [5.74, 6) is 0.612. The van der Waals surface area contributed by atoms with Crippen LogP contribution >= 0.6 is 0 Å². The number of ether oxygens (including phenoxy) is 1. The molecule has 0 radical (unpaired) electrons. The minimum atomic E-state index is 0.502. The number of anilines is 1. The van der Waals surface area contributed by atoms with Crippen molar-refractivity contribution in [2.75, 3.05) is 24.6 Å². The highest BCUT2D eigenvalue weighted by Gasteiger charge is 2.06. The molecule has 3 aromatic carbocycles. The van der Waals surface area contributed by atoms with Gasteiger partial charge in [0.1, 0.15) is 11.4 Å². The molecule has 0 N–H and O–H groups in total. The molecule has 0 saturated heterocycles. The molecule has 170 valence electrons. The van der Waals surface area contributed by atoms with Crippen LogP contribution in [0.4, 0.5) is 22.7 Å². The molecule has 0 aliphatic rings. The summed E-state index contributed by atoms with van der Waals surface area (Å²) in [6, 6.07) is 22.7. The van der Waals surface area contributed by atoms with Crippen molar-refractivity contribution >= 4 is 29.0 Å². The third-order valence-electron chi connectivity index (χ3n) is 4.83. The molecule has 34 heavy (non-hydrogen) atoms. The van der Waals surface area contributed by atoms with Crippen LogP contribution in [0.1, 0.15) is 18.1 Å². The van der Waals surface area contributed by atoms with Crippen LogP contribution in [0.5, 0.6) is 5.75 Å². The second-order valence-electron chi connectivity index (χ2n) is 7.28. The Morgan fingerprint density at radius 2 is 1.59 bits per heavy atom. The first-order valence-electron chi connectivity index (χ1n) is 11.0. The first kappa shape index (κ1) is 24.1. The maximum atomic E-state index is 8.91. The molecule has 3 rings (SSSR count). The monoisotopic (exact) mass is 449 g/mol. The first-order chi connectivity index (χ1) is 16.7. The normalized spacial score (nSPS) is 10.8. The Morgan fingerprint density at radius 1 is 0.912 bits per heavy atom. The molecule has 0 amide bonds. The van der Waals surface area contributed by atoms with Crippen LogP contribution in [0, 0.1) is 11.3 Å². The minimum Gasteiger partial charge on any atom is -0.491 e. The van der Waals surface area contributed by atoms with Gasteiger partial charge in [-0.25, -0.2) is 0 Å². The molecule has 0 fully saturated rings. The average Bonchev–Trinajstić information content (AvgIpc) is 2.87. The molecular weight excluding hydrogens is 422 g/mol. The van der Waals surface area contributed by atoms with Gasteiger partial charge in [0.05, 0.1) is 29.6 Å². The highest BCUT2D eigenvalue weighted by Crippen LogP contribution is 2.33. The van der Waals surface area contributed by atoms with Crippen molar-refractivity contribution in [3.05, 3.63) is 103 Å². The number of nitriles is 1. The Balaban J connectivity index is 1.75. The summed E-state index contributed by atoms with van der Waals surface area (Å²) in [5.41, 5.74) is 4.70. The van der Waals surface area contributed by atoms with Crippen molar-refractivity contribution in [3.63, 3.8) is 0 Å². The molecule has 0 aliphatic heterocycles. The van der Waals surface area contributed by atoms with Crippen molar-refractivity contribution in [1.29, 1.82) is 5.26 Å². The largest absolute Gasteiger partial charge is 0.491 e. The van der Waals surface area contributed by atoms with Gasteiger partial charge in [0.15, 0.2) is 0 Å². The lowest BCUT2D eigenvalue weighted by atomic mass is 10.2. The summed E-state index contributed by atoms with van der Waals surface area (Å²) in [6.07, 6.45) is 5.48. The van der Waals surface area contributed by atoms with Gasteiger partial charge >= 0.3 is 0 Å². The minimum absolute atomic E-state index is 0.502. The second-order valence-corrected chi connectivity index (χ2v) is 7.28. The third kappa shape index (κ3) is 6.75. The van der Waals surface area contributed by atoms with Crippen molar-refractivity contribution in [2.24, 2.45) is 15.2 Å². The van der Waals surface area contributed by atoms with Crippen LogP contribution in [-0.2, 0) is 0 Å². The van der Waals surface area contributed by atoms with Gasteiger partial charge < -0.3 is 9.64 Å². The van der Waals surface area contributed by atoms with Gasteiger partial charge in [-0.05, 0) is 61.0 Å². The molecule has 0 heterocycles. The molecule has 0 bridgehead atoms. The Morgan fingerprint density at radius 3 is 2.21 bits per heavy atom. The molecule has 3 aromatic rings. The Kier molecular flexibility index (Phi) is 8.89. The number of azo groups is 1. The van der Waals surface area contributed by atoms with Crippen molar-refractivity contribution in [2.45, 2.75) is 6.92 Å². The van der Waals surface area contributed by atoms with E-state index in [9.17, 15) is 0 Å². The summed E-state index contributed by atoms with van der Waals surface area (Å²) >= 11 is 0. The molecule has 6 nitrogen and oxygen atoms in total. The molecule has 0 aliphatic carbocycles. The predicted molar refractivity (Wildman–Crippen MR) is 139 cm³/mol. The van der Waals surface area contributed by atoms with E-state index < -0.39 is 0 Å². The number of hydrogen-bond acceptors (Lipinski definition) is 6. The molecule has 0 aromatic heterocycles. The number of hydrogen-bond donors (Lipinski definition) is 0. The SMILES string of the molecule is C=CCN(CC=C)c1ccc(/N=N/c2ccc(N=Cc3ccc(C#N)cc3)cc2OCC)cc1. The van der Waals surface area contributed by atoms with E-state index >= 15 is 0 Å². The van der Waals surface area contributed by atoms with E-state index in [0.29, 0.717) is 23.6 Å². The fourth-order valence-electron chi connectivity index (χ4n) is 3.17. The van der Waals surface area contributed by atoms with E-state index in [2.05, 4.69) is 39.3 Å². The number of aliphatic imine (C=N–C) groups is 1. The van der Waals surface area contributed by atoms with E-state index in [4.69, 9.17) is 10.00 Å². The van der Waals surface area contributed by atoms with Crippen LogP contribution in [-0.4, -0.2) is 25.9 Å². The number of nitrogens with zero attached hydrogens (tertiary/aromatic N) is 5. The second kappa shape index (κ2) is 12.5.